The predicted octanol–water partition coefficient (Wildman–Crippen LogP) is 4.60. The minimum Gasteiger partial charge on any atom is -0.496 e. The lowest BCUT2D eigenvalue weighted by molar-refractivity contribution is 0.411. The summed E-state index contributed by atoms with van der Waals surface area (Å²) >= 11 is 0. The van der Waals surface area contributed by atoms with E-state index in [-0.39, 0.29) is 0 Å². The summed E-state index contributed by atoms with van der Waals surface area (Å²) in [6.07, 6.45) is 0. The normalized spacial score (nSPS) is 10.5. The predicted molar refractivity (Wildman–Crippen MR) is 83.9 cm³/mol. The molecule has 0 radical (unpaired) electrons. The van der Waals surface area contributed by atoms with E-state index in [9.17, 15) is 0 Å². The van der Waals surface area contributed by atoms with Crippen LogP contribution >= 0.6 is 0 Å². The molecule has 106 valence electrons. The number of hydrogen-bond donors (Lipinski definition) is 0. The van der Waals surface area contributed by atoms with Gasteiger partial charge in [-0.3, -0.25) is 0 Å². The molecule has 2 aromatic carbocycles. The SMILES string of the molecule is COc1cc(C)c(-c2cc(C)c(OC)cc2C)cc1C. The highest BCUT2D eigenvalue weighted by molar-refractivity contribution is 5.74. The van der Waals surface area contributed by atoms with E-state index in [2.05, 4.69) is 52.0 Å². The second-order valence-electron chi connectivity index (χ2n) is 5.27. The van der Waals surface area contributed by atoms with E-state index in [0.29, 0.717) is 0 Å². The molecule has 0 aliphatic rings. The Labute approximate surface area is 121 Å². The molecule has 2 heteroatoms. The third-order valence-corrected chi connectivity index (χ3v) is 3.77. The minimum atomic E-state index is 0.939. The van der Waals surface area contributed by atoms with Gasteiger partial charge in [0.25, 0.3) is 0 Å². The lowest BCUT2D eigenvalue weighted by Crippen LogP contribution is -1.95. The summed E-state index contributed by atoms with van der Waals surface area (Å²) < 4.78 is 10.8. The topological polar surface area (TPSA) is 18.5 Å². The van der Waals surface area contributed by atoms with Crippen LogP contribution < -0.4 is 9.47 Å². The first-order chi connectivity index (χ1) is 9.47. The fraction of sp³-hybridized carbons (Fsp3) is 0.333. The molecule has 0 aliphatic carbocycles. The molecule has 0 amide bonds. The van der Waals surface area contributed by atoms with Crippen LogP contribution in [0.2, 0.25) is 0 Å². The van der Waals surface area contributed by atoms with E-state index in [0.717, 1.165) is 22.6 Å². The van der Waals surface area contributed by atoms with E-state index in [1.54, 1.807) is 14.2 Å². The number of methoxy groups -OCH3 is 2. The zero-order chi connectivity index (χ0) is 14.9. The largest absolute Gasteiger partial charge is 0.496 e. The molecular weight excluding hydrogens is 248 g/mol. The van der Waals surface area contributed by atoms with Gasteiger partial charge in [-0.15, -0.1) is 0 Å². The Balaban J connectivity index is 2.63. The quantitative estimate of drug-likeness (QED) is 0.811. The molecule has 0 spiro atoms. The number of ether oxygens (including phenoxy) is 2. The highest BCUT2D eigenvalue weighted by Gasteiger charge is 2.11. The van der Waals surface area contributed by atoms with Gasteiger partial charge >= 0.3 is 0 Å². The van der Waals surface area contributed by atoms with E-state index in [1.807, 2.05) is 0 Å². The second-order valence-corrected chi connectivity index (χ2v) is 5.27. The lowest BCUT2D eigenvalue weighted by Gasteiger charge is -2.15. The van der Waals surface area contributed by atoms with Crippen molar-refractivity contribution in [2.45, 2.75) is 27.7 Å². The van der Waals surface area contributed by atoms with Crippen LogP contribution in [-0.2, 0) is 0 Å². The smallest absolute Gasteiger partial charge is 0.122 e. The van der Waals surface area contributed by atoms with Gasteiger partial charge in [0.2, 0.25) is 0 Å². The monoisotopic (exact) mass is 270 g/mol. The number of hydrogen-bond acceptors (Lipinski definition) is 2. The molecule has 2 aromatic rings. The summed E-state index contributed by atoms with van der Waals surface area (Å²) in [5.41, 5.74) is 7.26. The number of benzene rings is 2. The van der Waals surface area contributed by atoms with Gasteiger partial charge in [-0.05, 0) is 85.3 Å². The standard InChI is InChI=1S/C18H22O2/c1-11-9-17(19-5)13(3)7-15(11)16-8-14(4)18(20-6)10-12(16)2/h7-10H,1-6H3. The van der Waals surface area contributed by atoms with E-state index < -0.39 is 0 Å². The van der Waals surface area contributed by atoms with Crippen molar-refractivity contribution in [3.8, 4) is 22.6 Å². The van der Waals surface area contributed by atoms with Crippen molar-refractivity contribution in [3.63, 3.8) is 0 Å². The van der Waals surface area contributed by atoms with Gasteiger partial charge in [0.15, 0.2) is 0 Å². The molecule has 0 bridgehead atoms. The maximum Gasteiger partial charge on any atom is 0.122 e. The molecule has 0 aliphatic heterocycles. The molecule has 0 saturated heterocycles. The van der Waals surface area contributed by atoms with Crippen LogP contribution in [0.1, 0.15) is 22.3 Å². The van der Waals surface area contributed by atoms with Crippen molar-refractivity contribution in [1.82, 2.24) is 0 Å². The maximum absolute atomic E-state index is 5.39. The fourth-order valence-corrected chi connectivity index (χ4v) is 2.60. The van der Waals surface area contributed by atoms with Crippen molar-refractivity contribution < 1.29 is 9.47 Å². The minimum absolute atomic E-state index is 0.939. The molecule has 0 fully saturated rings. The van der Waals surface area contributed by atoms with Crippen molar-refractivity contribution >= 4 is 0 Å². The Morgan fingerprint density at radius 2 is 0.900 bits per heavy atom. The summed E-state index contributed by atoms with van der Waals surface area (Å²) in [5.74, 6) is 1.88. The highest BCUT2D eigenvalue weighted by Crippen LogP contribution is 2.34. The Morgan fingerprint density at radius 3 is 1.20 bits per heavy atom. The van der Waals surface area contributed by atoms with Crippen LogP contribution in [0.15, 0.2) is 24.3 Å². The maximum atomic E-state index is 5.39. The Morgan fingerprint density at radius 1 is 0.550 bits per heavy atom. The highest BCUT2D eigenvalue weighted by atomic mass is 16.5. The summed E-state index contributed by atoms with van der Waals surface area (Å²) in [4.78, 5) is 0. The van der Waals surface area contributed by atoms with Crippen LogP contribution in [-0.4, -0.2) is 14.2 Å². The third-order valence-electron chi connectivity index (χ3n) is 3.77. The average Bonchev–Trinajstić information content (AvgIpc) is 2.43. The van der Waals surface area contributed by atoms with Crippen LogP contribution in [0.4, 0.5) is 0 Å². The van der Waals surface area contributed by atoms with Gasteiger partial charge < -0.3 is 9.47 Å². The van der Waals surface area contributed by atoms with E-state index in [1.165, 1.54) is 22.3 Å². The molecule has 0 N–H and O–H groups in total. The molecule has 0 atom stereocenters. The Kier molecular flexibility index (Phi) is 4.03. The molecule has 0 unspecified atom stereocenters. The van der Waals surface area contributed by atoms with Crippen molar-refractivity contribution in [2.24, 2.45) is 0 Å². The zero-order valence-electron chi connectivity index (χ0n) is 13.1. The van der Waals surface area contributed by atoms with Crippen molar-refractivity contribution in [2.75, 3.05) is 14.2 Å². The van der Waals surface area contributed by atoms with Gasteiger partial charge in [0.1, 0.15) is 11.5 Å². The fourth-order valence-electron chi connectivity index (χ4n) is 2.60. The number of rotatable bonds is 3. The van der Waals surface area contributed by atoms with E-state index in [4.69, 9.17) is 9.47 Å². The van der Waals surface area contributed by atoms with E-state index >= 15 is 0 Å². The molecule has 0 saturated carbocycles. The van der Waals surface area contributed by atoms with Crippen LogP contribution in [0, 0.1) is 27.7 Å². The van der Waals surface area contributed by atoms with Gasteiger partial charge in [0, 0.05) is 0 Å². The molecule has 0 heterocycles. The summed E-state index contributed by atoms with van der Waals surface area (Å²) in [7, 11) is 3.43. The van der Waals surface area contributed by atoms with Gasteiger partial charge in [0.05, 0.1) is 14.2 Å². The van der Waals surface area contributed by atoms with Crippen LogP contribution in [0.5, 0.6) is 11.5 Å². The first-order valence-corrected chi connectivity index (χ1v) is 6.78. The molecule has 20 heavy (non-hydrogen) atoms. The van der Waals surface area contributed by atoms with Crippen LogP contribution in [0.25, 0.3) is 11.1 Å². The van der Waals surface area contributed by atoms with Gasteiger partial charge in [-0.2, -0.15) is 0 Å². The summed E-state index contributed by atoms with van der Waals surface area (Å²) in [5, 5.41) is 0. The second kappa shape index (κ2) is 5.58. The zero-order valence-corrected chi connectivity index (χ0v) is 13.1. The third kappa shape index (κ3) is 2.51. The van der Waals surface area contributed by atoms with Crippen molar-refractivity contribution in [1.29, 1.82) is 0 Å². The first kappa shape index (κ1) is 14.4. The molecular formula is C18H22O2. The summed E-state index contributed by atoms with van der Waals surface area (Å²) in [6, 6.07) is 8.60. The Hall–Kier alpha value is -1.96. The van der Waals surface area contributed by atoms with Gasteiger partial charge in [-0.1, -0.05) is 0 Å². The first-order valence-electron chi connectivity index (χ1n) is 6.78. The molecule has 2 nitrogen and oxygen atoms in total. The van der Waals surface area contributed by atoms with Crippen molar-refractivity contribution in [3.05, 3.63) is 46.5 Å². The average molecular weight is 270 g/mol. The lowest BCUT2D eigenvalue weighted by atomic mass is 9.93. The number of aryl methyl sites for hydroxylation is 4. The summed E-state index contributed by atoms with van der Waals surface area (Å²) in [6.45, 7) is 8.40. The molecule has 0 aromatic heterocycles. The van der Waals surface area contributed by atoms with Crippen LogP contribution in [0.3, 0.4) is 0 Å². The molecule has 2 rings (SSSR count). The Bertz CT molecular complexity index is 585. The van der Waals surface area contributed by atoms with Gasteiger partial charge in [-0.25, -0.2) is 0 Å².